The van der Waals surface area contributed by atoms with E-state index in [1.807, 2.05) is 13.8 Å². The summed E-state index contributed by atoms with van der Waals surface area (Å²) in [6.45, 7) is 8.59. The number of carboxylic acids is 1. The number of halogens is 1. The van der Waals surface area contributed by atoms with Gasteiger partial charge in [-0.15, -0.1) is 0 Å². The maximum atomic E-state index is 13.3. The summed E-state index contributed by atoms with van der Waals surface area (Å²) in [7, 11) is 0. The molecular weight excluding hydrogens is 745 g/mol. The summed E-state index contributed by atoms with van der Waals surface area (Å²) in [4.78, 5) is 92.7. The number of hydrogen-bond acceptors (Lipinski definition) is 10. The van der Waals surface area contributed by atoms with E-state index in [2.05, 4.69) is 42.2 Å². The molecule has 0 radical (unpaired) electrons. The minimum atomic E-state index is -1.29. The second-order valence-corrected chi connectivity index (χ2v) is 14.1. The number of nitrogens with zero attached hydrogens (tertiary/aromatic N) is 1. The molecule has 14 N–H and O–H groups in total. The van der Waals surface area contributed by atoms with Crippen LogP contribution in [0.2, 0.25) is 0 Å². The van der Waals surface area contributed by atoms with Crippen LogP contribution in [0.5, 0.6) is 0 Å². The van der Waals surface area contributed by atoms with Crippen molar-refractivity contribution in [1.82, 2.24) is 37.2 Å². The molecule has 6 amide bonds. The third-order valence-electron chi connectivity index (χ3n) is 8.97. The van der Waals surface area contributed by atoms with E-state index in [1.54, 1.807) is 26.0 Å². The van der Waals surface area contributed by atoms with Crippen molar-refractivity contribution in [3.05, 3.63) is 35.6 Å². The third kappa shape index (κ3) is 20.4. The number of nitrogens with one attached hydrogen (secondary N) is 7. The molecule has 0 aliphatic heterocycles. The summed E-state index contributed by atoms with van der Waals surface area (Å²) in [6, 6.07) is 0.600. The van der Waals surface area contributed by atoms with Gasteiger partial charge in [-0.2, -0.15) is 0 Å². The van der Waals surface area contributed by atoms with Gasteiger partial charge in [0.25, 0.3) is 0 Å². The number of unbranched alkanes of at least 4 members (excludes halogenated alkanes) is 1. The molecule has 0 saturated carbocycles. The Bertz CT molecular complexity index is 1510. The quantitative estimate of drug-likeness (QED) is 0.0273. The van der Waals surface area contributed by atoms with Crippen LogP contribution in [0.4, 0.5) is 4.39 Å². The molecule has 1 rings (SSSR count). The Hall–Kier alpha value is -5.37. The van der Waals surface area contributed by atoms with Gasteiger partial charge in [-0.3, -0.25) is 33.8 Å². The van der Waals surface area contributed by atoms with Gasteiger partial charge < -0.3 is 59.5 Å². The first-order chi connectivity index (χ1) is 26.9. The fourth-order valence-electron chi connectivity index (χ4n) is 5.22. The van der Waals surface area contributed by atoms with Crippen LogP contribution in [0.1, 0.15) is 78.7 Å². The molecule has 19 nitrogen and oxygen atoms in total. The van der Waals surface area contributed by atoms with Crippen molar-refractivity contribution in [3.63, 3.8) is 0 Å². The van der Waals surface area contributed by atoms with Crippen LogP contribution in [-0.4, -0.2) is 109 Å². The van der Waals surface area contributed by atoms with Gasteiger partial charge in [-0.25, -0.2) is 9.18 Å². The highest BCUT2D eigenvalue weighted by Gasteiger charge is 2.29. The minimum Gasteiger partial charge on any atom is -0.480 e. The summed E-state index contributed by atoms with van der Waals surface area (Å²) in [5, 5.41) is 27.7. The summed E-state index contributed by atoms with van der Waals surface area (Å²) in [6.07, 6.45) is 2.24. The lowest BCUT2D eigenvalue weighted by atomic mass is 9.99. The van der Waals surface area contributed by atoms with Gasteiger partial charge in [-0.1, -0.05) is 46.2 Å². The van der Waals surface area contributed by atoms with Crippen molar-refractivity contribution in [2.45, 2.75) is 110 Å². The van der Waals surface area contributed by atoms with Crippen LogP contribution in [-0.2, 0) is 40.1 Å². The molecule has 1 aromatic rings. The van der Waals surface area contributed by atoms with Gasteiger partial charge in [0, 0.05) is 13.1 Å². The number of amides is 6. The highest BCUT2D eigenvalue weighted by atomic mass is 19.1. The van der Waals surface area contributed by atoms with E-state index in [0.29, 0.717) is 32.4 Å². The van der Waals surface area contributed by atoms with Crippen LogP contribution in [0, 0.1) is 17.7 Å². The average Bonchev–Trinajstić information content (AvgIpc) is 3.16. The lowest BCUT2D eigenvalue weighted by molar-refractivity contribution is -0.142. The standard InChI is InChI=1S/C37H62FN11O8/c1-6-22(4)30(39)34(54)45-19-28(50)47-26(10-7-8-16-42-18-24-12-14-25(38)15-13-24)33(53)44-20-29(51)49-31(21(2)3)35(55)46-23(5)32(52)48-27(36(56)57)11-9-17-43-37(40)41/h12-15,21-23,26-27,30-31,42H,6-11,16-20,39H2,1-5H3,(H,44,53)(H,45,54)(H,46,55)(H,47,50)(H,48,52)(H,49,51)(H,56,57)(H4,40,41,43)/t22-,23-,26-,27-,30-,31-/m0/s1. The maximum absolute atomic E-state index is 13.3. The highest BCUT2D eigenvalue weighted by Crippen LogP contribution is 2.07. The van der Waals surface area contributed by atoms with Crippen LogP contribution in [0.15, 0.2) is 29.3 Å². The molecule has 0 unspecified atom stereocenters. The molecule has 1 aromatic carbocycles. The smallest absolute Gasteiger partial charge is 0.326 e. The van der Waals surface area contributed by atoms with E-state index in [9.17, 15) is 43.1 Å². The summed E-state index contributed by atoms with van der Waals surface area (Å²) in [5.41, 5.74) is 17.4. The first-order valence-corrected chi connectivity index (χ1v) is 19.1. The molecule has 320 valence electrons. The summed E-state index contributed by atoms with van der Waals surface area (Å²) < 4.78 is 13.2. The van der Waals surface area contributed by atoms with Gasteiger partial charge in [0.05, 0.1) is 19.1 Å². The zero-order valence-corrected chi connectivity index (χ0v) is 33.5. The monoisotopic (exact) mass is 807 g/mol. The van der Waals surface area contributed by atoms with Gasteiger partial charge in [0.2, 0.25) is 35.4 Å². The van der Waals surface area contributed by atoms with Crippen molar-refractivity contribution in [2.75, 3.05) is 26.2 Å². The Labute approximate surface area is 333 Å². The largest absolute Gasteiger partial charge is 0.480 e. The van der Waals surface area contributed by atoms with Crippen molar-refractivity contribution >= 4 is 47.4 Å². The lowest BCUT2D eigenvalue weighted by Gasteiger charge is -2.25. The van der Waals surface area contributed by atoms with Crippen LogP contribution in [0.25, 0.3) is 0 Å². The molecular formula is C37H62FN11O8. The fraction of sp³-hybridized carbons (Fsp3) is 0.622. The number of guanidine groups is 1. The topological polar surface area (TPSA) is 314 Å². The van der Waals surface area contributed by atoms with E-state index in [1.165, 1.54) is 19.1 Å². The number of carbonyl (C=O) groups is 7. The average molecular weight is 808 g/mol. The number of carbonyl (C=O) groups excluding carboxylic acids is 6. The number of hydrogen-bond donors (Lipinski definition) is 11. The third-order valence-corrected chi connectivity index (χ3v) is 8.97. The van der Waals surface area contributed by atoms with E-state index in [0.717, 1.165) is 5.56 Å². The van der Waals surface area contributed by atoms with Crippen molar-refractivity contribution in [3.8, 4) is 0 Å². The number of carboxylic acid groups (broad SMARTS) is 1. The molecule has 6 atom stereocenters. The SMILES string of the molecule is CC[C@H](C)[C@H](N)C(=O)NCC(=O)N[C@@H](CCCCNCc1ccc(F)cc1)C(=O)NCC(=O)N[C@H](C(=O)N[C@@H](C)C(=O)N[C@@H](CCCN=C(N)N)C(=O)O)C(C)C. The highest BCUT2D eigenvalue weighted by molar-refractivity contribution is 5.95. The predicted molar refractivity (Wildman–Crippen MR) is 211 cm³/mol. The van der Waals surface area contributed by atoms with Crippen molar-refractivity contribution in [2.24, 2.45) is 34.0 Å². The number of nitrogens with two attached hydrogens (primary N) is 3. The van der Waals surface area contributed by atoms with Gasteiger partial charge in [0.1, 0.15) is 30.0 Å². The Kier molecular flexibility index (Phi) is 23.1. The minimum absolute atomic E-state index is 0.0270. The fourth-order valence-corrected chi connectivity index (χ4v) is 5.22. The molecule has 0 saturated heterocycles. The summed E-state index contributed by atoms with van der Waals surface area (Å²) >= 11 is 0. The molecule has 0 bridgehead atoms. The predicted octanol–water partition coefficient (Wildman–Crippen LogP) is -1.56. The normalized spacial score (nSPS) is 14.1. The molecule has 0 aliphatic rings. The van der Waals surface area contributed by atoms with E-state index in [4.69, 9.17) is 17.2 Å². The number of aliphatic imine (C=N–C) groups is 1. The second-order valence-electron chi connectivity index (χ2n) is 14.1. The number of benzene rings is 1. The lowest BCUT2D eigenvalue weighted by Crippen LogP contribution is -2.57. The van der Waals surface area contributed by atoms with Crippen molar-refractivity contribution in [1.29, 1.82) is 0 Å². The number of rotatable bonds is 27. The van der Waals surface area contributed by atoms with Crippen LogP contribution >= 0.6 is 0 Å². The first kappa shape index (κ1) is 49.6. The molecule has 0 aromatic heterocycles. The molecule has 0 aliphatic carbocycles. The first-order valence-electron chi connectivity index (χ1n) is 19.1. The Morgan fingerprint density at radius 1 is 0.754 bits per heavy atom. The maximum Gasteiger partial charge on any atom is 0.326 e. The number of aliphatic carboxylic acids is 1. The van der Waals surface area contributed by atoms with Gasteiger partial charge in [0.15, 0.2) is 5.96 Å². The molecule has 0 spiro atoms. The van der Waals surface area contributed by atoms with E-state index >= 15 is 0 Å². The Balaban J connectivity index is 2.81. The molecule has 57 heavy (non-hydrogen) atoms. The van der Waals surface area contributed by atoms with Gasteiger partial charge >= 0.3 is 5.97 Å². The van der Waals surface area contributed by atoms with Gasteiger partial charge in [-0.05, 0) is 75.1 Å². The van der Waals surface area contributed by atoms with Crippen LogP contribution < -0.4 is 54.4 Å². The molecule has 20 heteroatoms. The van der Waals surface area contributed by atoms with E-state index < -0.39 is 90.6 Å². The summed E-state index contributed by atoms with van der Waals surface area (Å²) in [5.74, 6) is -6.41. The van der Waals surface area contributed by atoms with Crippen LogP contribution in [0.3, 0.4) is 0 Å². The molecule has 0 heterocycles. The van der Waals surface area contributed by atoms with E-state index in [-0.39, 0.29) is 43.5 Å². The molecule has 0 fully saturated rings. The Morgan fingerprint density at radius 3 is 1.93 bits per heavy atom. The van der Waals surface area contributed by atoms with Crippen molar-refractivity contribution < 1.29 is 43.1 Å². The second kappa shape index (κ2) is 26.5. The zero-order chi connectivity index (χ0) is 43.1. The Morgan fingerprint density at radius 2 is 1.35 bits per heavy atom. The zero-order valence-electron chi connectivity index (χ0n) is 33.5.